The molecule has 0 bridgehead atoms. The lowest BCUT2D eigenvalue weighted by Gasteiger charge is -2.26. The van der Waals surface area contributed by atoms with Gasteiger partial charge in [-0.3, -0.25) is 0 Å². The van der Waals surface area contributed by atoms with Crippen LogP contribution in [-0.2, 0) is 4.74 Å². The molecule has 7 nitrogen and oxygen atoms in total. The number of ether oxygens (including phenoxy) is 1. The summed E-state index contributed by atoms with van der Waals surface area (Å²) < 4.78 is 7.27. The molecule has 0 saturated carbocycles. The Hall–Kier alpha value is -2.25. The number of nitrogen functional groups attached to an aromatic ring is 1. The van der Waals surface area contributed by atoms with Crippen LogP contribution >= 0.6 is 0 Å². The van der Waals surface area contributed by atoms with E-state index in [1.807, 2.05) is 26.8 Å². The lowest BCUT2D eigenvalue weighted by atomic mass is 9.93. The van der Waals surface area contributed by atoms with Gasteiger partial charge in [0, 0.05) is 24.7 Å². The number of nitrogens with two attached hydrogens (primary N) is 1. The molecule has 1 fully saturated rings. The summed E-state index contributed by atoms with van der Waals surface area (Å²) in [7, 11) is 6.10. The fourth-order valence-electron chi connectivity index (χ4n) is 3.31. The predicted octanol–water partition coefficient (Wildman–Crippen LogP) is 1.61. The summed E-state index contributed by atoms with van der Waals surface area (Å²) in [6.45, 7) is 6.98. The molecule has 1 unspecified atom stereocenters. The van der Waals surface area contributed by atoms with Gasteiger partial charge in [0.25, 0.3) is 0 Å². The molecule has 8 heteroatoms. The molecule has 1 atom stereocenters. The number of carbonyl (C=O) groups excluding carboxylic acids is 1. The van der Waals surface area contributed by atoms with Crippen LogP contribution in [-0.4, -0.2) is 52.1 Å². The summed E-state index contributed by atoms with van der Waals surface area (Å²) in [5, 5.41) is 4.31. The molecule has 2 radical (unpaired) electrons. The second kappa shape index (κ2) is 6.57. The van der Waals surface area contributed by atoms with Gasteiger partial charge in [-0.15, -0.1) is 0 Å². The molecule has 3 heterocycles. The Labute approximate surface area is 148 Å². The molecule has 132 valence electrons. The number of hydrogen-bond acceptors (Lipinski definition) is 5. The van der Waals surface area contributed by atoms with E-state index in [-0.39, 0.29) is 12.0 Å². The van der Waals surface area contributed by atoms with E-state index in [2.05, 4.69) is 10.1 Å². The first-order valence-corrected chi connectivity index (χ1v) is 8.62. The van der Waals surface area contributed by atoms with Crippen molar-refractivity contribution in [2.24, 2.45) is 0 Å². The number of nitrogens with zero attached hydrogens (tertiary/aromatic N) is 4. The van der Waals surface area contributed by atoms with Crippen molar-refractivity contribution in [1.82, 2.24) is 19.5 Å². The van der Waals surface area contributed by atoms with Crippen molar-refractivity contribution in [2.75, 3.05) is 18.8 Å². The fourth-order valence-corrected chi connectivity index (χ4v) is 3.31. The molecule has 1 aliphatic heterocycles. The number of carbonyl (C=O) groups is 1. The number of aromatic nitrogens is 3. The number of amides is 1. The highest BCUT2D eigenvalue weighted by Crippen LogP contribution is 2.29. The summed E-state index contributed by atoms with van der Waals surface area (Å²) in [5.41, 5.74) is 7.71. The normalized spacial score (nSPS) is 19.0. The maximum Gasteiger partial charge on any atom is 0.410 e. The van der Waals surface area contributed by atoms with E-state index in [0.717, 1.165) is 25.0 Å². The maximum absolute atomic E-state index is 12.3. The summed E-state index contributed by atoms with van der Waals surface area (Å²) in [4.78, 5) is 18.1. The Balaban J connectivity index is 1.78. The van der Waals surface area contributed by atoms with E-state index in [0.29, 0.717) is 29.9 Å². The molecule has 1 aliphatic rings. The third-order valence-electron chi connectivity index (χ3n) is 4.44. The average Bonchev–Trinajstić information content (AvgIpc) is 2.70. The summed E-state index contributed by atoms with van der Waals surface area (Å²) >= 11 is 0. The second-order valence-corrected chi connectivity index (χ2v) is 7.53. The molecule has 1 amide bonds. The third kappa shape index (κ3) is 3.72. The van der Waals surface area contributed by atoms with Crippen LogP contribution in [0.4, 0.5) is 10.6 Å². The van der Waals surface area contributed by atoms with Gasteiger partial charge in [-0.25, -0.2) is 14.3 Å². The zero-order chi connectivity index (χ0) is 18.2. The van der Waals surface area contributed by atoms with E-state index in [4.69, 9.17) is 18.3 Å². The quantitative estimate of drug-likeness (QED) is 0.797. The molecule has 0 spiro atoms. The van der Waals surface area contributed by atoms with Crippen LogP contribution in [0.1, 0.15) is 51.6 Å². The van der Waals surface area contributed by atoms with E-state index in [1.54, 1.807) is 9.42 Å². The van der Waals surface area contributed by atoms with Crippen LogP contribution in [0.2, 0.25) is 0 Å². The van der Waals surface area contributed by atoms with Crippen molar-refractivity contribution >= 4 is 30.7 Å². The van der Waals surface area contributed by atoms with E-state index in [1.165, 1.54) is 6.33 Å². The Kier molecular flexibility index (Phi) is 4.62. The van der Waals surface area contributed by atoms with Crippen LogP contribution in [0.25, 0.3) is 5.52 Å². The predicted molar refractivity (Wildman–Crippen MR) is 97.2 cm³/mol. The van der Waals surface area contributed by atoms with Gasteiger partial charge >= 0.3 is 6.09 Å². The molecule has 0 aliphatic carbocycles. The zero-order valence-electron chi connectivity index (χ0n) is 15.0. The van der Waals surface area contributed by atoms with Crippen molar-refractivity contribution in [2.45, 2.75) is 51.6 Å². The lowest BCUT2D eigenvalue weighted by molar-refractivity contribution is 0.0256. The lowest BCUT2D eigenvalue weighted by Crippen LogP contribution is -2.37. The van der Waals surface area contributed by atoms with Crippen molar-refractivity contribution in [3.05, 3.63) is 18.1 Å². The van der Waals surface area contributed by atoms with Gasteiger partial charge < -0.3 is 15.4 Å². The minimum atomic E-state index is -0.483. The van der Waals surface area contributed by atoms with Gasteiger partial charge in [0.05, 0.1) is 0 Å². The Morgan fingerprint density at radius 3 is 2.84 bits per heavy atom. The van der Waals surface area contributed by atoms with Gasteiger partial charge in [0.15, 0.2) is 5.82 Å². The Morgan fingerprint density at radius 2 is 2.12 bits per heavy atom. The topological polar surface area (TPSA) is 85.8 Å². The maximum atomic E-state index is 12.3. The first-order chi connectivity index (χ1) is 11.8. The smallest absolute Gasteiger partial charge is 0.410 e. The van der Waals surface area contributed by atoms with Gasteiger partial charge in [-0.05, 0) is 46.1 Å². The van der Waals surface area contributed by atoms with E-state index >= 15 is 0 Å². The summed E-state index contributed by atoms with van der Waals surface area (Å²) in [6, 6.07) is 1.92. The number of anilines is 1. The van der Waals surface area contributed by atoms with Crippen molar-refractivity contribution in [3.8, 4) is 0 Å². The minimum Gasteiger partial charge on any atom is -0.444 e. The van der Waals surface area contributed by atoms with Crippen LogP contribution in [0.15, 0.2) is 12.4 Å². The van der Waals surface area contributed by atoms with Crippen LogP contribution in [0, 0.1) is 0 Å². The first kappa shape index (κ1) is 17.6. The molecular formula is C17H24BN5O2. The average molecular weight is 341 g/mol. The standard InChI is InChI=1S/C17H24BN5O2/c1-17(2,3)25-16(24)22-7-4-5-11(6-8-22)13-9-12(18)14-15(19)20-10-21-23(13)14/h9-11H,4-8H2,1-3H3,(H2,19,20,21). The molecule has 25 heavy (non-hydrogen) atoms. The fraction of sp³-hybridized carbons (Fsp3) is 0.588. The molecule has 0 aromatic carbocycles. The highest BCUT2D eigenvalue weighted by molar-refractivity contribution is 6.37. The van der Waals surface area contributed by atoms with Crippen molar-refractivity contribution < 1.29 is 9.53 Å². The van der Waals surface area contributed by atoms with Gasteiger partial charge in [-0.2, -0.15) is 5.10 Å². The Morgan fingerprint density at radius 1 is 1.36 bits per heavy atom. The van der Waals surface area contributed by atoms with Gasteiger partial charge in [0.2, 0.25) is 0 Å². The van der Waals surface area contributed by atoms with E-state index in [9.17, 15) is 4.79 Å². The molecule has 2 N–H and O–H groups in total. The third-order valence-corrected chi connectivity index (χ3v) is 4.44. The molecular weight excluding hydrogens is 317 g/mol. The van der Waals surface area contributed by atoms with Crippen LogP contribution in [0.5, 0.6) is 0 Å². The number of rotatable bonds is 1. The molecule has 1 saturated heterocycles. The molecule has 2 aromatic rings. The zero-order valence-corrected chi connectivity index (χ0v) is 15.0. The number of fused-ring (bicyclic) bond motifs is 1. The van der Waals surface area contributed by atoms with Crippen LogP contribution in [0.3, 0.4) is 0 Å². The summed E-state index contributed by atoms with van der Waals surface area (Å²) in [6.07, 6.45) is 3.87. The van der Waals surface area contributed by atoms with Gasteiger partial charge in [-0.1, -0.05) is 5.46 Å². The number of likely N-dealkylation sites (tertiary alicyclic amines) is 1. The molecule has 2 aromatic heterocycles. The monoisotopic (exact) mass is 341 g/mol. The number of hydrogen-bond donors (Lipinski definition) is 1. The van der Waals surface area contributed by atoms with Crippen LogP contribution < -0.4 is 11.2 Å². The van der Waals surface area contributed by atoms with Crippen molar-refractivity contribution in [1.29, 1.82) is 0 Å². The first-order valence-electron chi connectivity index (χ1n) is 8.62. The molecule has 3 rings (SSSR count). The Bertz CT molecular complexity index is 783. The highest BCUT2D eigenvalue weighted by atomic mass is 16.6. The highest BCUT2D eigenvalue weighted by Gasteiger charge is 2.27. The minimum absolute atomic E-state index is 0.251. The van der Waals surface area contributed by atoms with Gasteiger partial charge in [0.1, 0.15) is 25.3 Å². The van der Waals surface area contributed by atoms with Crippen molar-refractivity contribution in [3.63, 3.8) is 0 Å². The second-order valence-electron chi connectivity index (χ2n) is 7.53. The SMILES string of the molecule is [B]c1cc(C2CCCN(C(=O)OC(C)(C)C)CC2)n2ncnc(N)c12. The largest absolute Gasteiger partial charge is 0.444 e. The van der Waals surface area contributed by atoms with E-state index < -0.39 is 5.60 Å². The summed E-state index contributed by atoms with van der Waals surface area (Å²) in [5.74, 6) is 0.634.